The van der Waals surface area contributed by atoms with Crippen molar-refractivity contribution in [1.29, 1.82) is 0 Å². The van der Waals surface area contributed by atoms with Crippen molar-refractivity contribution in [3.8, 4) is 0 Å². The number of rotatable bonds is 5. The molecule has 0 spiro atoms. The van der Waals surface area contributed by atoms with Gasteiger partial charge in [0.15, 0.2) is 5.43 Å². The maximum absolute atomic E-state index is 12.3. The van der Waals surface area contributed by atoms with Crippen LogP contribution >= 0.6 is 0 Å². The van der Waals surface area contributed by atoms with Gasteiger partial charge in [0.1, 0.15) is 5.56 Å². The lowest BCUT2D eigenvalue weighted by atomic mass is 10.2. The number of aryl methyl sites for hydroxylation is 1. The predicted molar refractivity (Wildman–Crippen MR) is 69.5 cm³/mol. The van der Waals surface area contributed by atoms with Crippen LogP contribution in [0.25, 0.3) is 0 Å². The normalized spacial score (nSPS) is 14.6. The van der Waals surface area contributed by atoms with Crippen molar-refractivity contribution in [2.45, 2.75) is 32.2 Å². The Morgan fingerprint density at radius 3 is 2.83 bits per heavy atom. The van der Waals surface area contributed by atoms with Crippen molar-refractivity contribution in [3.05, 3.63) is 33.7 Å². The molecule has 1 aliphatic rings. The van der Waals surface area contributed by atoms with E-state index >= 15 is 0 Å². The predicted octanol–water partition coefficient (Wildman–Crippen LogP) is 0.637. The van der Waals surface area contributed by atoms with Crippen LogP contribution in [-0.2, 0) is 0 Å². The van der Waals surface area contributed by atoms with Crippen molar-refractivity contribution in [2.24, 2.45) is 5.73 Å². The number of nitrogens with zero attached hydrogens (tertiary/aromatic N) is 1. The van der Waals surface area contributed by atoms with Gasteiger partial charge in [0, 0.05) is 30.5 Å². The number of nitrogens with one attached hydrogen (secondary N) is 1. The minimum absolute atomic E-state index is 0.174. The minimum atomic E-state index is -0.213. The second-order valence-electron chi connectivity index (χ2n) is 4.77. The number of pyridine rings is 1. The number of hydrogen-bond donors (Lipinski definition) is 2. The number of amides is 1. The molecule has 98 valence electrons. The van der Waals surface area contributed by atoms with Crippen LogP contribution in [0.1, 0.15) is 35.3 Å². The van der Waals surface area contributed by atoms with Gasteiger partial charge in [-0.3, -0.25) is 9.59 Å². The molecular formula is C13H19N3O2. The number of carbonyl (C=O) groups is 1. The largest absolute Gasteiger partial charge is 0.364 e. The van der Waals surface area contributed by atoms with Gasteiger partial charge in [-0.2, -0.15) is 0 Å². The molecule has 1 fully saturated rings. The lowest BCUT2D eigenvalue weighted by Gasteiger charge is -2.21. The molecule has 1 saturated carbocycles. The molecule has 0 aromatic carbocycles. The van der Waals surface area contributed by atoms with E-state index in [-0.39, 0.29) is 16.9 Å². The standard InChI is InChI=1S/C13H19N3O2/c1-9-7-12(17)11(8-15-9)13(18)16(6-2-5-14)10-3-4-10/h7-8,10H,2-6,14H2,1H3,(H,15,17). The summed E-state index contributed by atoms with van der Waals surface area (Å²) in [7, 11) is 0. The lowest BCUT2D eigenvalue weighted by Crippen LogP contribution is -2.37. The molecule has 1 amide bonds. The van der Waals surface area contributed by atoms with E-state index in [1.807, 2.05) is 0 Å². The van der Waals surface area contributed by atoms with Gasteiger partial charge in [-0.05, 0) is 32.7 Å². The first-order chi connectivity index (χ1) is 8.63. The first kappa shape index (κ1) is 12.8. The van der Waals surface area contributed by atoms with Crippen LogP contribution < -0.4 is 11.2 Å². The third-order valence-corrected chi connectivity index (χ3v) is 3.14. The summed E-state index contributed by atoms with van der Waals surface area (Å²) in [4.78, 5) is 28.8. The Balaban J connectivity index is 2.19. The van der Waals surface area contributed by atoms with E-state index < -0.39 is 0 Å². The Labute approximate surface area is 106 Å². The quantitative estimate of drug-likeness (QED) is 0.803. The summed E-state index contributed by atoms with van der Waals surface area (Å²) < 4.78 is 0. The zero-order valence-electron chi connectivity index (χ0n) is 10.6. The molecule has 1 aliphatic carbocycles. The van der Waals surface area contributed by atoms with Gasteiger partial charge < -0.3 is 15.6 Å². The molecule has 1 aromatic heterocycles. The fourth-order valence-corrected chi connectivity index (χ4v) is 1.99. The maximum atomic E-state index is 12.3. The molecule has 2 rings (SSSR count). The fourth-order valence-electron chi connectivity index (χ4n) is 1.99. The molecule has 18 heavy (non-hydrogen) atoms. The van der Waals surface area contributed by atoms with Gasteiger partial charge in [0.25, 0.3) is 5.91 Å². The van der Waals surface area contributed by atoms with Crippen LogP contribution in [0.15, 0.2) is 17.1 Å². The fraction of sp³-hybridized carbons (Fsp3) is 0.538. The smallest absolute Gasteiger partial charge is 0.259 e. The molecule has 1 aromatic rings. The minimum Gasteiger partial charge on any atom is -0.364 e. The van der Waals surface area contributed by atoms with Crippen molar-refractivity contribution in [2.75, 3.05) is 13.1 Å². The SMILES string of the molecule is Cc1cc(=O)c(C(=O)N(CCCN)C2CC2)c[nH]1. The molecule has 0 atom stereocenters. The molecule has 3 N–H and O–H groups in total. The first-order valence-corrected chi connectivity index (χ1v) is 6.34. The summed E-state index contributed by atoms with van der Waals surface area (Å²) in [5, 5.41) is 0. The molecule has 0 unspecified atom stereocenters. The Morgan fingerprint density at radius 1 is 1.56 bits per heavy atom. The molecular weight excluding hydrogens is 230 g/mol. The summed E-state index contributed by atoms with van der Waals surface area (Å²) in [6, 6.07) is 1.76. The first-order valence-electron chi connectivity index (χ1n) is 6.34. The third kappa shape index (κ3) is 2.79. The van der Waals surface area contributed by atoms with E-state index in [1.54, 1.807) is 11.8 Å². The summed E-state index contributed by atoms with van der Waals surface area (Å²) in [6.07, 6.45) is 4.34. The molecule has 1 heterocycles. The zero-order chi connectivity index (χ0) is 13.1. The Bertz CT molecular complexity index is 491. The van der Waals surface area contributed by atoms with Crippen LogP contribution in [0.4, 0.5) is 0 Å². The third-order valence-electron chi connectivity index (χ3n) is 3.14. The van der Waals surface area contributed by atoms with E-state index in [1.165, 1.54) is 12.3 Å². The average Bonchev–Trinajstić information content (AvgIpc) is 3.13. The van der Waals surface area contributed by atoms with Crippen LogP contribution in [-0.4, -0.2) is 34.9 Å². The van der Waals surface area contributed by atoms with Crippen LogP contribution in [0.3, 0.4) is 0 Å². The van der Waals surface area contributed by atoms with Gasteiger partial charge in [-0.15, -0.1) is 0 Å². The van der Waals surface area contributed by atoms with E-state index in [0.717, 1.165) is 25.0 Å². The highest BCUT2D eigenvalue weighted by Crippen LogP contribution is 2.27. The second-order valence-corrected chi connectivity index (χ2v) is 4.77. The van der Waals surface area contributed by atoms with Crippen molar-refractivity contribution < 1.29 is 4.79 Å². The van der Waals surface area contributed by atoms with E-state index in [2.05, 4.69) is 4.98 Å². The van der Waals surface area contributed by atoms with Crippen LogP contribution in [0, 0.1) is 6.92 Å². The second kappa shape index (κ2) is 5.35. The number of aromatic nitrogens is 1. The van der Waals surface area contributed by atoms with E-state index in [4.69, 9.17) is 5.73 Å². The molecule has 5 nitrogen and oxygen atoms in total. The Morgan fingerprint density at radius 2 is 2.28 bits per heavy atom. The van der Waals surface area contributed by atoms with E-state index in [9.17, 15) is 9.59 Å². The van der Waals surface area contributed by atoms with Crippen LogP contribution in [0.5, 0.6) is 0 Å². The van der Waals surface area contributed by atoms with Gasteiger partial charge in [-0.1, -0.05) is 0 Å². The molecule has 5 heteroatoms. The van der Waals surface area contributed by atoms with Gasteiger partial charge in [0.2, 0.25) is 0 Å². The average molecular weight is 249 g/mol. The lowest BCUT2D eigenvalue weighted by molar-refractivity contribution is 0.0740. The number of aromatic amines is 1. The molecule has 0 saturated heterocycles. The maximum Gasteiger partial charge on any atom is 0.259 e. The monoisotopic (exact) mass is 249 g/mol. The van der Waals surface area contributed by atoms with Gasteiger partial charge >= 0.3 is 0 Å². The summed E-state index contributed by atoms with van der Waals surface area (Å²) in [5.74, 6) is -0.174. The number of nitrogens with two attached hydrogens (primary N) is 1. The highest BCUT2D eigenvalue weighted by atomic mass is 16.2. The summed E-state index contributed by atoms with van der Waals surface area (Å²) in [6.45, 7) is 2.98. The van der Waals surface area contributed by atoms with Crippen molar-refractivity contribution in [1.82, 2.24) is 9.88 Å². The van der Waals surface area contributed by atoms with Crippen molar-refractivity contribution >= 4 is 5.91 Å². The summed E-state index contributed by atoms with van der Waals surface area (Å²) in [5.41, 5.74) is 6.25. The van der Waals surface area contributed by atoms with Gasteiger partial charge in [-0.25, -0.2) is 0 Å². The summed E-state index contributed by atoms with van der Waals surface area (Å²) >= 11 is 0. The number of H-pyrrole nitrogens is 1. The topological polar surface area (TPSA) is 79.2 Å². The Kier molecular flexibility index (Phi) is 3.81. The van der Waals surface area contributed by atoms with E-state index in [0.29, 0.717) is 19.1 Å². The number of carbonyl (C=O) groups excluding carboxylic acids is 1. The highest BCUT2D eigenvalue weighted by molar-refractivity contribution is 5.94. The Hall–Kier alpha value is -1.62. The van der Waals surface area contributed by atoms with Crippen LogP contribution in [0.2, 0.25) is 0 Å². The molecule has 0 bridgehead atoms. The van der Waals surface area contributed by atoms with Crippen molar-refractivity contribution in [3.63, 3.8) is 0 Å². The van der Waals surface area contributed by atoms with Gasteiger partial charge in [0.05, 0.1) is 0 Å². The molecule has 0 aliphatic heterocycles. The highest BCUT2D eigenvalue weighted by Gasteiger charge is 2.33. The number of hydrogen-bond acceptors (Lipinski definition) is 3. The zero-order valence-corrected chi connectivity index (χ0v) is 10.6. The molecule has 0 radical (unpaired) electrons.